The SMILES string of the molecule is Cc1cc(OCC2CCN(C(=N)N)CC2)cc(OS(=O)(=O)c2cccc(OCC(O)CO)c2)c1.Cl. The lowest BCUT2D eigenvalue weighted by Gasteiger charge is -2.32. The number of aryl methyl sites for hydroxylation is 1. The summed E-state index contributed by atoms with van der Waals surface area (Å²) in [5.41, 5.74) is 6.31. The Kier molecular flexibility index (Phi) is 10.4. The molecule has 3 rings (SSSR count). The van der Waals surface area contributed by atoms with Crippen molar-refractivity contribution in [1.82, 2.24) is 4.90 Å². The third kappa shape index (κ3) is 8.46. The molecule has 0 bridgehead atoms. The molecule has 12 heteroatoms. The van der Waals surface area contributed by atoms with Crippen LogP contribution in [-0.2, 0) is 10.1 Å². The Balaban J connectivity index is 0.00000432. The minimum atomic E-state index is -4.15. The molecule has 0 amide bonds. The van der Waals surface area contributed by atoms with E-state index in [1.54, 1.807) is 12.1 Å². The molecule has 1 fully saturated rings. The van der Waals surface area contributed by atoms with Gasteiger partial charge < -0.3 is 34.5 Å². The van der Waals surface area contributed by atoms with Gasteiger partial charge in [0.05, 0.1) is 13.2 Å². The molecule has 194 valence electrons. The number of nitrogens with two attached hydrogens (primary N) is 1. The van der Waals surface area contributed by atoms with Crippen LogP contribution in [0.25, 0.3) is 0 Å². The molecule has 0 aromatic heterocycles. The second-order valence-electron chi connectivity index (χ2n) is 8.27. The van der Waals surface area contributed by atoms with E-state index in [1.165, 1.54) is 24.3 Å². The number of nitrogens with zero attached hydrogens (tertiary/aromatic N) is 1. The molecule has 5 N–H and O–H groups in total. The number of hydrogen-bond acceptors (Lipinski definition) is 8. The van der Waals surface area contributed by atoms with Crippen molar-refractivity contribution in [1.29, 1.82) is 5.41 Å². The van der Waals surface area contributed by atoms with Crippen molar-refractivity contribution < 1.29 is 32.3 Å². The van der Waals surface area contributed by atoms with Gasteiger partial charge in [0.1, 0.15) is 34.9 Å². The van der Waals surface area contributed by atoms with E-state index < -0.39 is 22.8 Å². The number of aliphatic hydroxyl groups excluding tert-OH is 2. The minimum Gasteiger partial charge on any atom is -0.493 e. The molecule has 35 heavy (non-hydrogen) atoms. The third-order valence-electron chi connectivity index (χ3n) is 5.42. The second kappa shape index (κ2) is 12.8. The normalized spacial score (nSPS) is 15.1. The van der Waals surface area contributed by atoms with E-state index in [9.17, 15) is 13.5 Å². The van der Waals surface area contributed by atoms with E-state index in [0.717, 1.165) is 18.4 Å². The highest BCUT2D eigenvalue weighted by Gasteiger charge is 2.21. The zero-order valence-corrected chi connectivity index (χ0v) is 21.1. The number of guanidine groups is 1. The van der Waals surface area contributed by atoms with Crippen LogP contribution in [0.1, 0.15) is 18.4 Å². The van der Waals surface area contributed by atoms with Crippen LogP contribution in [0.5, 0.6) is 17.2 Å². The predicted octanol–water partition coefficient (Wildman–Crippen LogP) is 1.90. The number of halogens is 1. The summed E-state index contributed by atoms with van der Waals surface area (Å²) >= 11 is 0. The molecule has 1 unspecified atom stereocenters. The molecular weight excluding hydrogens is 498 g/mol. The van der Waals surface area contributed by atoms with E-state index in [2.05, 4.69) is 0 Å². The predicted molar refractivity (Wildman–Crippen MR) is 133 cm³/mol. The molecule has 1 aliphatic heterocycles. The Bertz CT molecular complexity index is 1090. The molecule has 1 aliphatic rings. The minimum absolute atomic E-state index is 0. The van der Waals surface area contributed by atoms with Crippen LogP contribution in [0.2, 0.25) is 0 Å². The fraction of sp³-hybridized carbons (Fsp3) is 0.435. The second-order valence-corrected chi connectivity index (χ2v) is 9.81. The van der Waals surface area contributed by atoms with Crippen LogP contribution >= 0.6 is 12.4 Å². The molecule has 1 heterocycles. The molecule has 2 aromatic carbocycles. The van der Waals surface area contributed by atoms with E-state index in [1.807, 2.05) is 17.9 Å². The Morgan fingerprint density at radius 3 is 2.49 bits per heavy atom. The van der Waals surface area contributed by atoms with Gasteiger partial charge in [0.2, 0.25) is 0 Å². The highest BCUT2D eigenvalue weighted by Crippen LogP contribution is 2.28. The molecule has 0 aliphatic carbocycles. The highest BCUT2D eigenvalue weighted by molar-refractivity contribution is 7.87. The standard InChI is InChI=1S/C23H31N3O7S.ClH/c1-16-9-20(31-14-17-5-7-26(8-6-17)23(24)25)11-21(10-16)33-34(29,30)22-4-2-3-19(12-22)32-15-18(28)13-27;/h2-4,9-12,17-18,27-28H,5-8,13-15H2,1H3,(H3,24,25);1H. The lowest BCUT2D eigenvalue weighted by Crippen LogP contribution is -2.43. The fourth-order valence-electron chi connectivity index (χ4n) is 3.54. The van der Waals surface area contributed by atoms with E-state index in [4.69, 9.17) is 29.9 Å². The summed E-state index contributed by atoms with van der Waals surface area (Å²) in [7, 11) is -4.15. The van der Waals surface area contributed by atoms with Crippen LogP contribution in [0, 0.1) is 18.3 Å². The maximum atomic E-state index is 12.8. The van der Waals surface area contributed by atoms with Crippen molar-refractivity contribution in [2.45, 2.75) is 30.8 Å². The molecule has 0 saturated carbocycles. The number of rotatable bonds is 10. The van der Waals surface area contributed by atoms with Crippen LogP contribution in [0.4, 0.5) is 0 Å². The van der Waals surface area contributed by atoms with Crippen LogP contribution in [0.3, 0.4) is 0 Å². The number of piperidine rings is 1. The smallest absolute Gasteiger partial charge is 0.339 e. The number of ether oxygens (including phenoxy) is 2. The monoisotopic (exact) mass is 529 g/mol. The van der Waals surface area contributed by atoms with E-state index >= 15 is 0 Å². The lowest BCUT2D eigenvalue weighted by atomic mass is 9.98. The van der Waals surface area contributed by atoms with Gasteiger partial charge in [-0.2, -0.15) is 8.42 Å². The summed E-state index contributed by atoms with van der Waals surface area (Å²) in [6.45, 7) is 3.08. The zero-order valence-electron chi connectivity index (χ0n) is 19.4. The summed E-state index contributed by atoms with van der Waals surface area (Å²) < 4.78 is 42.2. The van der Waals surface area contributed by atoms with Crippen molar-refractivity contribution in [3.63, 3.8) is 0 Å². The average molecular weight is 530 g/mol. The molecule has 1 saturated heterocycles. The molecule has 10 nitrogen and oxygen atoms in total. The number of benzene rings is 2. The maximum absolute atomic E-state index is 12.8. The van der Waals surface area contributed by atoms with Gasteiger partial charge in [-0.3, -0.25) is 5.41 Å². The van der Waals surface area contributed by atoms with Gasteiger partial charge in [0, 0.05) is 25.2 Å². The summed E-state index contributed by atoms with van der Waals surface area (Å²) in [6.07, 6.45) is 0.650. The largest absolute Gasteiger partial charge is 0.493 e. The van der Waals surface area contributed by atoms with Gasteiger partial charge in [-0.05, 0) is 55.5 Å². The third-order valence-corrected chi connectivity index (χ3v) is 6.66. The first kappa shape index (κ1) is 28.5. The van der Waals surface area contributed by atoms with Crippen molar-refractivity contribution >= 4 is 28.5 Å². The van der Waals surface area contributed by atoms with E-state index in [0.29, 0.717) is 31.4 Å². The number of hydrogen-bond donors (Lipinski definition) is 4. The number of aliphatic hydroxyl groups is 2. The van der Waals surface area contributed by atoms with Crippen molar-refractivity contribution in [3.05, 3.63) is 48.0 Å². The lowest BCUT2D eigenvalue weighted by molar-refractivity contribution is 0.0535. The van der Waals surface area contributed by atoms with Gasteiger partial charge in [0.25, 0.3) is 0 Å². The van der Waals surface area contributed by atoms with Gasteiger partial charge in [-0.25, -0.2) is 0 Å². The Morgan fingerprint density at radius 2 is 1.83 bits per heavy atom. The zero-order chi connectivity index (χ0) is 24.7. The Labute approximate surface area is 211 Å². The molecule has 0 spiro atoms. The Morgan fingerprint density at radius 1 is 1.14 bits per heavy atom. The average Bonchev–Trinajstić information content (AvgIpc) is 2.81. The summed E-state index contributed by atoms with van der Waals surface area (Å²) in [4.78, 5) is 1.72. The molecule has 2 aromatic rings. The number of nitrogens with one attached hydrogen (secondary N) is 1. The summed E-state index contributed by atoms with van der Waals surface area (Å²) in [5.74, 6) is 1.26. The quantitative estimate of drug-likeness (QED) is 0.205. The fourth-order valence-corrected chi connectivity index (χ4v) is 4.49. The van der Waals surface area contributed by atoms with Gasteiger partial charge in [-0.1, -0.05) is 6.07 Å². The highest BCUT2D eigenvalue weighted by atomic mass is 35.5. The molecule has 0 radical (unpaired) electrons. The van der Waals surface area contributed by atoms with Gasteiger partial charge in [-0.15, -0.1) is 12.4 Å². The topological polar surface area (TPSA) is 155 Å². The summed E-state index contributed by atoms with van der Waals surface area (Å²) in [6, 6.07) is 10.7. The maximum Gasteiger partial charge on any atom is 0.339 e. The number of likely N-dealkylation sites (tertiary alicyclic amines) is 1. The van der Waals surface area contributed by atoms with Crippen LogP contribution in [0.15, 0.2) is 47.4 Å². The Hall–Kier alpha value is -2.73. The molecular formula is C23H32ClN3O7S. The first-order valence-electron chi connectivity index (χ1n) is 11.0. The van der Waals surface area contributed by atoms with E-state index in [-0.39, 0.29) is 41.4 Å². The summed E-state index contributed by atoms with van der Waals surface area (Å²) in [5, 5.41) is 25.8. The first-order chi connectivity index (χ1) is 16.2. The van der Waals surface area contributed by atoms with Crippen molar-refractivity contribution in [2.24, 2.45) is 11.7 Å². The van der Waals surface area contributed by atoms with Gasteiger partial charge >= 0.3 is 10.1 Å². The van der Waals surface area contributed by atoms with Gasteiger partial charge in [0.15, 0.2) is 5.96 Å². The van der Waals surface area contributed by atoms with Crippen molar-refractivity contribution in [3.8, 4) is 17.2 Å². The van der Waals surface area contributed by atoms with Crippen LogP contribution in [-0.4, -0.2) is 68.5 Å². The van der Waals surface area contributed by atoms with Crippen LogP contribution < -0.4 is 19.4 Å². The molecule has 1 atom stereocenters. The van der Waals surface area contributed by atoms with Crippen molar-refractivity contribution in [2.75, 3.05) is 32.9 Å². The first-order valence-corrected chi connectivity index (χ1v) is 12.4.